The molecule has 26 heavy (non-hydrogen) atoms. The molecule has 3 aromatic rings. The molecule has 4 nitrogen and oxygen atoms in total. The van der Waals surface area contributed by atoms with Crippen LogP contribution in [0.25, 0.3) is 11.1 Å². The van der Waals surface area contributed by atoms with Crippen LogP contribution in [0.15, 0.2) is 66.7 Å². The SMILES string of the molecule is COc1cc(OC)cc(C(=O)OC2c3ccccc3-c3ccccc32)c1. The second kappa shape index (κ2) is 6.56. The zero-order chi connectivity index (χ0) is 18.1. The highest BCUT2D eigenvalue weighted by Gasteiger charge is 2.31. The van der Waals surface area contributed by atoms with Crippen molar-refractivity contribution in [2.24, 2.45) is 0 Å². The summed E-state index contributed by atoms with van der Waals surface area (Å²) in [5.41, 5.74) is 4.59. The molecule has 0 radical (unpaired) electrons. The summed E-state index contributed by atoms with van der Waals surface area (Å²) in [5.74, 6) is 0.672. The number of carbonyl (C=O) groups excluding carboxylic acids is 1. The number of carbonyl (C=O) groups is 1. The van der Waals surface area contributed by atoms with Crippen LogP contribution >= 0.6 is 0 Å². The fourth-order valence-corrected chi connectivity index (χ4v) is 3.34. The number of esters is 1. The van der Waals surface area contributed by atoms with E-state index in [0.29, 0.717) is 17.1 Å². The van der Waals surface area contributed by atoms with Crippen molar-refractivity contribution in [1.29, 1.82) is 0 Å². The molecule has 0 aromatic heterocycles. The van der Waals surface area contributed by atoms with Gasteiger partial charge in [0.25, 0.3) is 0 Å². The number of methoxy groups -OCH3 is 2. The van der Waals surface area contributed by atoms with Crippen molar-refractivity contribution in [3.63, 3.8) is 0 Å². The molecule has 0 atom stereocenters. The molecule has 0 spiro atoms. The highest BCUT2D eigenvalue weighted by atomic mass is 16.5. The Labute approximate surface area is 152 Å². The van der Waals surface area contributed by atoms with Gasteiger partial charge in [0.1, 0.15) is 11.5 Å². The van der Waals surface area contributed by atoms with Gasteiger partial charge in [0.15, 0.2) is 6.10 Å². The highest BCUT2D eigenvalue weighted by molar-refractivity contribution is 5.91. The van der Waals surface area contributed by atoms with Gasteiger partial charge in [-0.3, -0.25) is 0 Å². The number of fused-ring (bicyclic) bond motifs is 3. The van der Waals surface area contributed by atoms with Crippen LogP contribution in [0.5, 0.6) is 11.5 Å². The Bertz CT molecular complexity index is 910. The van der Waals surface area contributed by atoms with Crippen molar-refractivity contribution >= 4 is 5.97 Å². The van der Waals surface area contributed by atoms with Crippen LogP contribution in [0.3, 0.4) is 0 Å². The minimum absolute atomic E-state index is 0.392. The molecular formula is C22H18O4. The lowest BCUT2D eigenvalue weighted by Crippen LogP contribution is -2.11. The molecule has 4 heteroatoms. The maximum atomic E-state index is 12.8. The van der Waals surface area contributed by atoms with Gasteiger partial charge >= 0.3 is 5.97 Å². The Balaban J connectivity index is 1.71. The summed E-state index contributed by atoms with van der Waals surface area (Å²) in [5, 5.41) is 0. The zero-order valence-electron chi connectivity index (χ0n) is 14.6. The van der Waals surface area contributed by atoms with E-state index in [1.54, 1.807) is 32.4 Å². The van der Waals surface area contributed by atoms with Gasteiger partial charge < -0.3 is 14.2 Å². The Kier molecular flexibility index (Phi) is 4.09. The summed E-state index contributed by atoms with van der Waals surface area (Å²) in [4.78, 5) is 12.8. The number of hydrogen-bond acceptors (Lipinski definition) is 4. The molecule has 4 rings (SSSR count). The van der Waals surface area contributed by atoms with Gasteiger partial charge in [-0.1, -0.05) is 48.5 Å². The minimum atomic E-state index is -0.424. The van der Waals surface area contributed by atoms with E-state index in [2.05, 4.69) is 12.1 Å². The van der Waals surface area contributed by atoms with Crippen molar-refractivity contribution in [2.75, 3.05) is 14.2 Å². The van der Waals surface area contributed by atoms with Crippen LogP contribution in [0.2, 0.25) is 0 Å². The van der Waals surface area contributed by atoms with E-state index in [1.807, 2.05) is 36.4 Å². The third kappa shape index (κ3) is 2.69. The Hall–Kier alpha value is -3.27. The summed E-state index contributed by atoms with van der Waals surface area (Å²) >= 11 is 0. The Morgan fingerprint density at radius 1 is 0.769 bits per heavy atom. The molecule has 0 heterocycles. The predicted molar refractivity (Wildman–Crippen MR) is 98.7 cm³/mol. The van der Waals surface area contributed by atoms with Crippen molar-refractivity contribution in [3.05, 3.63) is 83.4 Å². The molecule has 1 aliphatic rings. The third-order valence-electron chi connectivity index (χ3n) is 4.59. The molecular weight excluding hydrogens is 328 g/mol. The molecule has 3 aromatic carbocycles. The second-order valence-electron chi connectivity index (χ2n) is 6.06. The van der Waals surface area contributed by atoms with Crippen LogP contribution in [-0.4, -0.2) is 20.2 Å². The monoisotopic (exact) mass is 346 g/mol. The predicted octanol–water partition coefficient (Wildman–Crippen LogP) is 4.63. The van der Waals surface area contributed by atoms with E-state index in [1.165, 1.54) is 0 Å². The molecule has 0 fully saturated rings. The summed E-state index contributed by atoms with van der Waals surface area (Å²) in [6.45, 7) is 0. The lowest BCUT2D eigenvalue weighted by molar-refractivity contribution is 0.0385. The van der Waals surface area contributed by atoms with Crippen LogP contribution in [0, 0.1) is 0 Å². The van der Waals surface area contributed by atoms with Crippen molar-refractivity contribution in [1.82, 2.24) is 0 Å². The average molecular weight is 346 g/mol. The molecule has 0 amide bonds. The van der Waals surface area contributed by atoms with Gasteiger partial charge in [0, 0.05) is 17.2 Å². The van der Waals surface area contributed by atoms with Crippen LogP contribution in [-0.2, 0) is 4.74 Å². The summed E-state index contributed by atoms with van der Waals surface area (Å²) in [6, 6.07) is 21.0. The fourth-order valence-electron chi connectivity index (χ4n) is 3.34. The topological polar surface area (TPSA) is 44.8 Å². The van der Waals surface area contributed by atoms with Crippen LogP contribution in [0.4, 0.5) is 0 Å². The first-order valence-electron chi connectivity index (χ1n) is 8.33. The normalized spacial score (nSPS) is 12.2. The van der Waals surface area contributed by atoms with Gasteiger partial charge in [-0.25, -0.2) is 4.79 Å². The van der Waals surface area contributed by atoms with Crippen LogP contribution < -0.4 is 9.47 Å². The number of benzene rings is 3. The Morgan fingerprint density at radius 2 is 1.27 bits per heavy atom. The molecule has 0 saturated heterocycles. The summed E-state index contributed by atoms with van der Waals surface area (Å²) < 4.78 is 16.4. The van der Waals surface area contributed by atoms with Gasteiger partial charge in [-0.15, -0.1) is 0 Å². The average Bonchev–Trinajstić information content (AvgIpc) is 3.01. The second-order valence-corrected chi connectivity index (χ2v) is 6.06. The number of hydrogen-bond donors (Lipinski definition) is 0. The lowest BCUT2D eigenvalue weighted by atomic mass is 10.1. The fraction of sp³-hybridized carbons (Fsp3) is 0.136. The first-order chi connectivity index (χ1) is 12.7. The summed E-state index contributed by atoms with van der Waals surface area (Å²) in [7, 11) is 3.10. The van der Waals surface area contributed by atoms with E-state index in [-0.39, 0.29) is 0 Å². The Morgan fingerprint density at radius 3 is 1.77 bits per heavy atom. The summed E-state index contributed by atoms with van der Waals surface area (Å²) in [6.07, 6.45) is -0.424. The van der Waals surface area contributed by atoms with Gasteiger partial charge in [-0.05, 0) is 23.3 Å². The van der Waals surface area contributed by atoms with Gasteiger partial charge in [0.05, 0.1) is 19.8 Å². The van der Waals surface area contributed by atoms with Crippen molar-refractivity contribution in [2.45, 2.75) is 6.10 Å². The highest BCUT2D eigenvalue weighted by Crippen LogP contribution is 2.45. The van der Waals surface area contributed by atoms with E-state index in [4.69, 9.17) is 14.2 Å². The number of rotatable bonds is 4. The van der Waals surface area contributed by atoms with E-state index in [9.17, 15) is 4.79 Å². The molecule has 0 N–H and O–H groups in total. The first-order valence-corrected chi connectivity index (χ1v) is 8.33. The molecule has 0 aliphatic heterocycles. The maximum absolute atomic E-state index is 12.8. The van der Waals surface area contributed by atoms with Gasteiger partial charge in [0.2, 0.25) is 0 Å². The first kappa shape index (κ1) is 16.2. The van der Waals surface area contributed by atoms with Crippen LogP contribution in [0.1, 0.15) is 27.6 Å². The third-order valence-corrected chi connectivity index (χ3v) is 4.59. The smallest absolute Gasteiger partial charge is 0.339 e. The molecule has 0 bridgehead atoms. The maximum Gasteiger partial charge on any atom is 0.339 e. The van der Waals surface area contributed by atoms with Crippen molar-refractivity contribution < 1.29 is 19.0 Å². The molecule has 1 aliphatic carbocycles. The number of ether oxygens (including phenoxy) is 3. The van der Waals surface area contributed by atoms with E-state index >= 15 is 0 Å². The minimum Gasteiger partial charge on any atom is -0.497 e. The zero-order valence-corrected chi connectivity index (χ0v) is 14.6. The quantitative estimate of drug-likeness (QED) is 0.646. The molecule has 130 valence electrons. The largest absolute Gasteiger partial charge is 0.497 e. The van der Waals surface area contributed by atoms with Crippen molar-refractivity contribution in [3.8, 4) is 22.6 Å². The van der Waals surface area contributed by atoms with E-state index in [0.717, 1.165) is 22.3 Å². The molecule has 0 unspecified atom stereocenters. The standard InChI is InChI=1S/C22H18O4/c1-24-15-11-14(12-16(13-15)25-2)22(23)26-21-19-9-5-3-7-17(19)18-8-4-6-10-20(18)21/h3-13,21H,1-2H3. The van der Waals surface area contributed by atoms with Gasteiger partial charge in [-0.2, -0.15) is 0 Å². The van der Waals surface area contributed by atoms with E-state index < -0.39 is 12.1 Å². The molecule has 0 saturated carbocycles. The lowest BCUT2D eigenvalue weighted by Gasteiger charge is -2.16.